The van der Waals surface area contributed by atoms with Gasteiger partial charge in [0.15, 0.2) is 0 Å². The molecule has 3 aromatic rings. The molecule has 9 heteroatoms. The number of nitrogens with one attached hydrogen (secondary N) is 2. The lowest BCUT2D eigenvalue weighted by Gasteiger charge is -2.12. The zero-order valence-corrected chi connectivity index (χ0v) is 13.8. The van der Waals surface area contributed by atoms with E-state index in [2.05, 4.69) is 15.3 Å². The van der Waals surface area contributed by atoms with Crippen LogP contribution >= 0.6 is 0 Å². The standard InChI is InChI=1S/C16H15N5O2.2H2O/c1-20(2)16(23)18-10-3-4-11-9(7-10)8-12-13(11)19-15(22)14-17-5-6-21(12)14;;/h3-7H,8H2,1-2H3,(H,18,23)(H,19,22);2*1H2. The van der Waals surface area contributed by atoms with Gasteiger partial charge in [0.1, 0.15) is 0 Å². The number of hydrogen-bond acceptors (Lipinski definition) is 3. The minimum Gasteiger partial charge on any atom is -0.412 e. The lowest BCUT2D eigenvalue weighted by Crippen LogP contribution is -2.27. The fourth-order valence-electron chi connectivity index (χ4n) is 2.92. The summed E-state index contributed by atoms with van der Waals surface area (Å²) in [4.78, 5) is 32.4. The number of H-pyrrole nitrogens is 1. The summed E-state index contributed by atoms with van der Waals surface area (Å²) in [5, 5.41) is 2.84. The molecule has 6 N–H and O–H groups in total. The summed E-state index contributed by atoms with van der Waals surface area (Å²) in [5.41, 5.74) is 4.80. The molecule has 0 aliphatic heterocycles. The van der Waals surface area contributed by atoms with E-state index in [0.29, 0.717) is 12.1 Å². The second-order valence-corrected chi connectivity index (χ2v) is 5.77. The van der Waals surface area contributed by atoms with Crippen LogP contribution in [0.15, 0.2) is 35.4 Å². The van der Waals surface area contributed by atoms with E-state index >= 15 is 0 Å². The lowest BCUT2D eigenvalue weighted by molar-refractivity contribution is 0.230. The van der Waals surface area contributed by atoms with Crippen molar-refractivity contribution in [1.82, 2.24) is 19.3 Å². The summed E-state index contributed by atoms with van der Waals surface area (Å²) in [6.45, 7) is 0. The summed E-state index contributed by atoms with van der Waals surface area (Å²) in [6.07, 6.45) is 4.10. The number of nitrogens with zero attached hydrogens (tertiary/aromatic N) is 3. The third-order valence-corrected chi connectivity index (χ3v) is 4.05. The van der Waals surface area contributed by atoms with Crippen LogP contribution in [0.2, 0.25) is 0 Å². The molecule has 0 saturated carbocycles. The van der Waals surface area contributed by atoms with Crippen LogP contribution in [-0.2, 0) is 6.42 Å². The number of carbonyl (C=O) groups excluding carboxylic acids is 1. The number of carbonyl (C=O) groups is 1. The minimum absolute atomic E-state index is 0. The number of imidazole rings is 1. The molecule has 1 aliphatic carbocycles. The minimum atomic E-state index is -0.202. The number of rotatable bonds is 1. The maximum absolute atomic E-state index is 12.1. The van der Waals surface area contributed by atoms with Gasteiger partial charge in [0.2, 0.25) is 5.65 Å². The number of amides is 2. The molecule has 0 fully saturated rings. The fraction of sp³-hybridized carbons (Fsp3) is 0.188. The second kappa shape index (κ2) is 6.38. The average Bonchev–Trinajstić information content (AvgIpc) is 3.11. The van der Waals surface area contributed by atoms with Crippen molar-refractivity contribution in [2.24, 2.45) is 0 Å². The van der Waals surface area contributed by atoms with Crippen molar-refractivity contribution < 1.29 is 15.7 Å². The fourth-order valence-corrected chi connectivity index (χ4v) is 2.92. The monoisotopic (exact) mass is 345 g/mol. The average molecular weight is 345 g/mol. The van der Waals surface area contributed by atoms with Gasteiger partial charge in [-0.1, -0.05) is 6.07 Å². The lowest BCUT2D eigenvalue weighted by atomic mass is 10.1. The first-order chi connectivity index (χ1) is 11.0. The number of aromatic nitrogens is 3. The van der Waals surface area contributed by atoms with Crippen molar-refractivity contribution in [2.75, 3.05) is 19.4 Å². The van der Waals surface area contributed by atoms with Gasteiger partial charge in [-0.15, -0.1) is 0 Å². The van der Waals surface area contributed by atoms with Crippen molar-refractivity contribution in [3.05, 3.63) is 52.2 Å². The van der Waals surface area contributed by atoms with E-state index in [1.54, 1.807) is 26.5 Å². The molecule has 0 radical (unpaired) electrons. The predicted molar refractivity (Wildman–Crippen MR) is 94.0 cm³/mol. The van der Waals surface area contributed by atoms with Gasteiger partial charge < -0.3 is 26.2 Å². The Balaban J connectivity index is 0.00000113. The normalized spacial score (nSPS) is 11.1. The Labute approximate surface area is 142 Å². The first-order valence-corrected chi connectivity index (χ1v) is 7.24. The molecule has 0 unspecified atom stereocenters. The largest absolute Gasteiger partial charge is 0.412 e. The third kappa shape index (κ3) is 2.75. The molecule has 9 nitrogen and oxygen atoms in total. The van der Waals surface area contributed by atoms with Gasteiger partial charge >= 0.3 is 6.03 Å². The maximum atomic E-state index is 12.1. The van der Waals surface area contributed by atoms with Crippen molar-refractivity contribution in [1.29, 1.82) is 0 Å². The van der Waals surface area contributed by atoms with Crippen molar-refractivity contribution in [2.45, 2.75) is 6.42 Å². The Morgan fingerprint density at radius 3 is 2.80 bits per heavy atom. The predicted octanol–water partition coefficient (Wildman–Crippen LogP) is 0.0379. The van der Waals surface area contributed by atoms with Crippen molar-refractivity contribution >= 4 is 17.4 Å². The van der Waals surface area contributed by atoms with E-state index in [4.69, 9.17) is 0 Å². The summed E-state index contributed by atoms with van der Waals surface area (Å²) in [5.74, 6) is 0. The van der Waals surface area contributed by atoms with E-state index in [1.165, 1.54) is 4.90 Å². The van der Waals surface area contributed by atoms with Gasteiger partial charge in [0.05, 0.1) is 11.4 Å². The second-order valence-electron chi connectivity index (χ2n) is 5.77. The molecule has 25 heavy (non-hydrogen) atoms. The van der Waals surface area contributed by atoms with Crippen LogP contribution in [-0.4, -0.2) is 50.3 Å². The Morgan fingerprint density at radius 2 is 2.08 bits per heavy atom. The molecule has 1 aliphatic rings. The van der Waals surface area contributed by atoms with E-state index in [9.17, 15) is 9.59 Å². The van der Waals surface area contributed by atoms with E-state index in [-0.39, 0.29) is 22.5 Å². The Bertz CT molecular complexity index is 1010. The first kappa shape index (κ1) is 18.2. The van der Waals surface area contributed by atoms with Crippen LogP contribution in [0, 0.1) is 0 Å². The molecule has 132 valence electrons. The number of benzene rings is 1. The molecular weight excluding hydrogens is 326 g/mol. The highest BCUT2D eigenvalue weighted by molar-refractivity contribution is 5.90. The van der Waals surface area contributed by atoms with Gasteiger partial charge in [0.25, 0.3) is 5.56 Å². The molecule has 0 saturated heterocycles. The highest BCUT2D eigenvalue weighted by atomic mass is 16.2. The van der Waals surface area contributed by atoms with Crippen LogP contribution in [0.3, 0.4) is 0 Å². The van der Waals surface area contributed by atoms with Gasteiger partial charge in [-0.2, -0.15) is 0 Å². The Morgan fingerprint density at radius 1 is 1.32 bits per heavy atom. The number of aromatic amines is 1. The summed E-state index contributed by atoms with van der Waals surface area (Å²) >= 11 is 0. The van der Waals surface area contributed by atoms with Gasteiger partial charge in [-0.05, 0) is 17.7 Å². The van der Waals surface area contributed by atoms with Crippen LogP contribution in [0.5, 0.6) is 0 Å². The molecule has 4 rings (SSSR count). The summed E-state index contributed by atoms with van der Waals surface area (Å²) in [6, 6.07) is 5.53. The van der Waals surface area contributed by atoms with Crippen molar-refractivity contribution in [3.63, 3.8) is 0 Å². The van der Waals surface area contributed by atoms with Crippen LogP contribution < -0.4 is 10.9 Å². The number of hydrogen-bond donors (Lipinski definition) is 2. The quantitative estimate of drug-likeness (QED) is 0.502. The first-order valence-electron chi connectivity index (χ1n) is 7.24. The smallest absolute Gasteiger partial charge is 0.321 e. The van der Waals surface area contributed by atoms with Crippen LogP contribution in [0.25, 0.3) is 16.9 Å². The maximum Gasteiger partial charge on any atom is 0.321 e. The SMILES string of the molecule is CN(C)C(=O)Nc1ccc2c(c1)Cc1c-2[nH]c(=O)c2nccn12.O.O. The molecular formula is C16H19N5O4. The highest BCUT2D eigenvalue weighted by Gasteiger charge is 2.23. The summed E-state index contributed by atoms with van der Waals surface area (Å²) < 4.78 is 1.83. The third-order valence-electron chi connectivity index (χ3n) is 4.05. The molecule has 2 aromatic heterocycles. The molecule has 2 heterocycles. The highest BCUT2D eigenvalue weighted by Crippen LogP contribution is 2.35. The molecule has 2 amide bonds. The van der Waals surface area contributed by atoms with Gasteiger partial charge in [0, 0.05) is 44.2 Å². The van der Waals surface area contributed by atoms with Gasteiger partial charge in [-0.25, -0.2) is 9.78 Å². The van der Waals surface area contributed by atoms with Crippen molar-refractivity contribution in [3.8, 4) is 11.3 Å². The van der Waals surface area contributed by atoms with E-state index < -0.39 is 0 Å². The molecule has 0 bridgehead atoms. The Kier molecular flexibility index (Phi) is 4.64. The van der Waals surface area contributed by atoms with Crippen LogP contribution in [0.4, 0.5) is 10.5 Å². The topological polar surface area (TPSA) is 146 Å². The zero-order valence-electron chi connectivity index (χ0n) is 13.8. The van der Waals surface area contributed by atoms with Crippen LogP contribution in [0.1, 0.15) is 11.3 Å². The molecule has 0 atom stereocenters. The number of fused-ring (bicyclic) bond motifs is 5. The molecule has 1 aromatic carbocycles. The Hall–Kier alpha value is -3.17. The number of urea groups is 1. The zero-order chi connectivity index (χ0) is 16.1. The number of anilines is 1. The van der Waals surface area contributed by atoms with Gasteiger partial charge in [-0.3, -0.25) is 9.20 Å². The van der Waals surface area contributed by atoms with E-state index in [0.717, 1.165) is 28.2 Å². The summed E-state index contributed by atoms with van der Waals surface area (Å²) in [7, 11) is 3.39. The molecule has 0 spiro atoms. The van der Waals surface area contributed by atoms with E-state index in [1.807, 2.05) is 22.6 Å².